The Morgan fingerprint density at radius 2 is 1.03 bits per heavy atom. The molecule has 0 fully saturated rings. The van der Waals surface area contributed by atoms with Crippen molar-refractivity contribution < 1.29 is 0 Å². The van der Waals surface area contributed by atoms with Gasteiger partial charge in [-0.25, -0.2) is 9.97 Å². The average molecular weight is 449 g/mol. The Balaban J connectivity index is 1.47. The molecule has 4 aromatic heterocycles. The molecule has 0 aliphatic rings. The van der Waals surface area contributed by atoms with E-state index in [1.807, 2.05) is 22.7 Å². The standard InChI is InChI=1S/C27H32N2S2/c1-3-5-7-9-11-21-13-19-27(31-21)25-17-15-22-23(29-25)14-16-24(28-22)26-18-12-20(30-26)10-8-6-4-2/h12-19H,3-11H2,1-2H3. The topological polar surface area (TPSA) is 25.8 Å². The molecule has 0 aromatic carbocycles. The van der Waals surface area contributed by atoms with Crippen molar-refractivity contribution in [2.24, 2.45) is 0 Å². The lowest BCUT2D eigenvalue weighted by atomic mass is 10.1. The van der Waals surface area contributed by atoms with Gasteiger partial charge in [-0.15, -0.1) is 22.7 Å². The van der Waals surface area contributed by atoms with Crippen molar-refractivity contribution >= 4 is 33.7 Å². The third kappa shape index (κ3) is 5.81. The summed E-state index contributed by atoms with van der Waals surface area (Å²) in [5, 5.41) is 0. The molecule has 0 radical (unpaired) electrons. The molecule has 2 nitrogen and oxygen atoms in total. The molecule has 4 heterocycles. The minimum atomic E-state index is 0.971. The maximum Gasteiger partial charge on any atom is 0.0895 e. The highest BCUT2D eigenvalue weighted by atomic mass is 32.1. The van der Waals surface area contributed by atoms with Gasteiger partial charge in [0, 0.05) is 9.75 Å². The Kier molecular flexibility index (Phi) is 7.87. The highest BCUT2D eigenvalue weighted by Crippen LogP contribution is 2.31. The molecule has 0 unspecified atom stereocenters. The summed E-state index contributed by atoms with van der Waals surface area (Å²) in [7, 11) is 0. The zero-order valence-corrected chi connectivity index (χ0v) is 20.3. The Bertz CT molecular complexity index is 1110. The van der Waals surface area contributed by atoms with Gasteiger partial charge in [-0.2, -0.15) is 0 Å². The highest BCUT2D eigenvalue weighted by Gasteiger charge is 2.09. The fraction of sp³-hybridized carbons (Fsp3) is 0.407. The predicted octanol–water partition coefficient (Wildman–Crippen LogP) is 8.94. The third-order valence-corrected chi connectivity index (χ3v) is 8.01. The molecule has 4 aromatic rings. The first kappa shape index (κ1) is 22.2. The number of pyridine rings is 2. The molecule has 0 aliphatic carbocycles. The number of nitrogens with zero attached hydrogens (tertiary/aromatic N) is 2. The van der Waals surface area contributed by atoms with Crippen LogP contribution in [0.3, 0.4) is 0 Å². The van der Waals surface area contributed by atoms with Crippen LogP contribution in [0.2, 0.25) is 0 Å². The first-order valence-electron chi connectivity index (χ1n) is 11.7. The number of thiophene rings is 2. The van der Waals surface area contributed by atoms with Crippen LogP contribution in [0.1, 0.15) is 68.5 Å². The normalized spacial score (nSPS) is 11.4. The van der Waals surface area contributed by atoms with E-state index < -0.39 is 0 Å². The summed E-state index contributed by atoms with van der Waals surface area (Å²) in [4.78, 5) is 15.3. The number of hydrogen-bond acceptors (Lipinski definition) is 4. The Morgan fingerprint density at radius 1 is 0.548 bits per heavy atom. The lowest BCUT2D eigenvalue weighted by Crippen LogP contribution is -1.87. The van der Waals surface area contributed by atoms with Gasteiger partial charge in [0.15, 0.2) is 0 Å². The minimum absolute atomic E-state index is 0.971. The van der Waals surface area contributed by atoms with E-state index in [0.29, 0.717) is 0 Å². The largest absolute Gasteiger partial charge is 0.245 e. The van der Waals surface area contributed by atoms with Gasteiger partial charge in [0.1, 0.15) is 0 Å². The average Bonchev–Trinajstić information content (AvgIpc) is 3.46. The molecule has 0 saturated heterocycles. The monoisotopic (exact) mass is 448 g/mol. The molecule has 0 bridgehead atoms. The van der Waals surface area contributed by atoms with Crippen molar-refractivity contribution in [3.8, 4) is 21.1 Å². The second kappa shape index (κ2) is 11.0. The first-order valence-corrected chi connectivity index (χ1v) is 13.4. The van der Waals surface area contributed by atoms with Crippen LogP contribution in [0.15, 0.2) is 48.5 Å². The van der Waals surface area contributed by atoms with E-state index in [4.69, 9.17) is 9.97 Å². The van der Waals surface area contributed by atoms with Crippen molar-refractivity contribution in [2.45, 2.75) is 71.6 Å². The number of unbranched alkanes of at least 4 members (excludes halogenated alkanes) is 5. The second-order valence-electron chi connectivity index (χ2n) is 8.23. The number of hydrogen-bond donors (Lipinski definition) is 0. The molecule has 0 amide bonds. The van der Waals surface area contributed by atoms with Crippen LogP contribution in [-0.4, -0.2) is 9.97 Å². The van der Waals surface area contributed by atoms with Gasteiger partial charge in [-0.05, 0) is 74.2 Å². The number of aromatic nitrogens is 2. The van der Waals surface area contributed by atoms with E-state index in [-0.39, 0.29) is 0 Å². The van der Waals surface area contributed by atoms with Crippen molar-refractivity contribution in [1.29, 1.82) is 0 Å². The van der Waals surface area contributed by atoms with Gasteiger partial charge in [0.25, 0.3) is 0 Å². The van der Waals surface area contributed by atoms with Gasteiger partial charge in [0.05, 0.1) is 32.2 Å². The maximum atomic E-state index is 4.91. The summed E-state index contributed by atoms with van der Waals surface area (Å²) in [6.07, 6.45) is 11.5. The molecule has 162 valence electrons. The zero-order chi connectivity index (χ0) is 21.5. The van der Waals surface area contributed by atoms with E-state index in [9.17, 15) is 0 Å². The quantitative estimate of drug-likeness (QED) is 0.214. The van der Waals surface area contributed by atoms with E-state index in [0.717, 1.165) is 22.4 Å². The summed E-state index contributed by atoms with van der Waals surface area (Å²) in [5.41, 5.74) is 4.05. The van der Waals surface area contributed by atoms with Crippen LogP contribution in [0, 0.1) is 0 Å². The van der Waals surface area contributed by atoms with Gasteiger partial charge in [-0.1, -0.05) is 46.0 Å². The van der Waals surface area contributed by atoms with Gasteiger partial charge >= 0.3 is 0 Å². The second-order valence-corrected chi connectivity index (χ2v) is 10.6. The van der Waals surface area contributed by atoms with Gasteiger partial charge < -0.3 is 0 Å². The maximum absolute atomic E-state index is 4.91. The van der Waals surface area contributed by atoms with E-state index in [1.165, 1.54) is 77.3 Å². The lowest BCUT2D eigenvalue weighted by Gasteiger charge is -2.03. The van der Waals surface area contributed by atoms with Crippen molar-refractivity contribution in [3.05, 3.63) is 58.3 Å². The Hall–Kier alpha value is -2.04. The summed E-state index contributed by atoms with van der Waals surface area (Å²) >= 11 is 3.76. The summed E-state index contributed by atoms with van der Waals surface area (Å²) in [6, 6.07) is 17.5. The molecular formula is C27H32N2S2. The molecular weight excluding hydrogens is 416 g/mol. The van der Waals surface area contributed by atoms with E-state index >= 15 is 0 Å². The number of fused-ring (bicyclic) bond motifs is 1. The molecule has 0 aliphatic heterocycles. The van der Waals surface area contributed by atoms with Gasteiger partial charge in [0.2, 0.25) is 0 Å². The first-order chi connectivity index (χ1) is 15.3. The fourth-order valence-electron chi connectivity index (χ4n) is 3.86. The van der Waals surface area contributed by atoms with Crippen LogP contribution in [0.5, 0.6) is 0 Å². The molecule has 0 N–H and O–H groups in total. The van der Waals surface area contributed by atoms with Crippen LogP contribution < -0.4 is 0 Å². The van der Waals surface area contributed by atoms with Crippen LogP contribution in [-0.2, 0) is 12.8 Å². The summed E-state index contributed by atoms with van der Waals surface area (Å²) in [5.74, 6) is 0. The van der Waals surface area contributed by atoms with E-state index in [1.54, 1.807) is 0 Å². The SMILES string of the molecule is CCCCCCc1ccc(-c2ccc3nc(-c4ccc(CCCCC)s4)ccc3n2)s1. The number of aryl methyl sites for hydroxylation is 2. The third-order valence-electron chi connectivity index (χ3n) is 5.67. The predicted molar refractivity (Wildman–Crippen MR) is 137 cm³/mol. The lowest BCUT2D eigenvalue weighted by molar-refractivity contribution is 0.670. The van der Waals surface area contributed by atoms with Crippen molar-refractivity contribution in [2.75, 3.05) is 0 Å². The smallest absolute Gasteiger partial charge is 0.0895 e. The van der Waals surface area contributed by atoms with Crippen molar-refractivity contribution in [3.63, 3.8) is 0 Å². The Labute approximate surface area is 194 Å². The summed E-state index contributed by atoms with van der Waals surface area (Å²) < 4.78 is 0. The molecule has 0 atom stereocenters. The molecule has 0 saturated carbocycles. The zero-order valence-electron chi connectivity index (χ0n) is 18.7. The molecule has 31 heavy (non-hydrogen) atoms. The van der Waals surface area contributed by atoms with Crippen molar-refractivity contribution in [1.82, 2.24) is 9.97 Å². The molecule has 4 rings (SSSR count). The highest BCUT2D eigenvalue weighted by molar-refractivity contribution is 7.15. The number of rotatable bonds is 11. The van der Waals surface area contributed by atoms with E-state index in [2.05, 4.69) is 62.4 Å². The van der Waals surface area contributed by atoms with Crippen LogP contribution in [0.25, 0.3) is 32.2 Å². The molecule has 0 spiro atoms. The minimum Gasteiger partial charge on any atom is -0.245 e. The molecule has 4 heteroatoms. The fourth-order valence-corrected chi connectivity index (χ4v) is 5.90. The van der Waals surface area contributed by atoms with Crippen LogP contribution >= 0.6 is 22.7 Å². The Morgan fingerprint density at radius 3 is 1.55 bits per heavy atom. The van der Waals surface area contributed by atoms with Crippen LogP contribution in [0.4, 0.5) is 0 Å². The summed E-state index contributed by atoms with van der Waals surface area (Å²) in [6.45, 7) is 4.52. The van der Waals surface area contributed by atoms with Gasteiger partial charge in [-0.3, -0.25) is 0 Å².